The monoisotopic (exact) mass is 380 g/mol. The average molecular weight is 380 g/mol. The van der Waals surface area contributed by atoms with Crippen LogP contribution in [0.4, 0.5) is 9.93 Å². The molecule has 0 saturated carbocycles. The zero-order chi connectivity index (χ0) is 19.0. The largest absolute Gasteiger partial charge is 0.325 e. The molecule has 0 aliphatic carbocycles. The molecule has 4 rings (SSSR count). The molecule has 136 valence electrons. The second-order valence-corrected chi connectivity index (χ2v) is 7.29. The summed E-state index contributed by atoms with van der Waals surface area (Å²) in [6.07, 6.45) is 1.56. The van der Waals surface area contributed by atoms with Gasteiger partial charge in [0, 0.05) is 11.6 Å². The summed E-state index contributed by atoms with van der Waals surface area (Å²) in [4.78, 5) is 42.4. The van der Waals surface area contributed by atoms with Gasteiger partial charge in [-0.3, -0.25) is 14.5 Å². The minimum absolute atomic E-state index is 0.368. The number of imide groups is 1. The van der Waals surface area contributed by atoms with Crippen molar-refractivity contribution >= 4 is 45.1 Å². The van der Waals surface area contributed by atoms with Crippen molar-refractivity contribution in [2.45, 2.75) is 12.5 Å². The van der Waals surface area contributed by atoms with Gasteiger partial charge in [0.1, 0.15) is 12.1 Å². The predicted octanol–water partition coefficient (Wildman–Crippen LogP) is 2.70. The van der Waals surface area contributed by atoms with E-state index in [1.165, 1.54) is 11.3 Å². The molecule has 3 aromatic rings. The smallest absolute Gasteiger partial charge is 0.319 e. The van der Waals surface area contributed by atoms with Crippen LogP contribution in [0.15, 0.2) is 54.0 Å². The Morgan fingerprint density at radius 1 is 1.22 bits per heavy atom. The maximum absolute atomic E-state index is 13.0. The first-order valence-corrected chi connectivity index (χ1v) is 9.18. The number of amides is 4. The zero-order valence-electron chi connectivity index (χ0n) is 14.4. The lowest BCUT2D eigenvalue weighted by Crippen LogP contribution is -2.42. The van der Waals surface area contributed by atoms with E-state index in [0.717, 1.165) is 15.7 Å². The number of carbonyl (C=O) groups is 3. The van der Waals surface area contributed by atoms with E-state index >= 15 is 0 Å². The van der Waals surface area contributed by atoms with E-state index in [0.29, 0.717) is 10.7 Å². The van der Waals surface area contributed by atoms with Gasteiger partial charge in [-0.15, -0.1) is 11.3 Å². The number of nitrogens with one attached hydrogen (secondary N) is 2. The summed E-state index contributed by atoms with van der Waals surface area (Å²) in [5.74, 6) is -0.937. The Morgan fingerprint density at radius 3 is 2.74 bits per heavy atom. The lowest BCUT2D eigenvalue weighted by atomic mass is 9.90. The molecule has 1 fully saturated rings. The highest BCUT2D eigenvalue weighted by molar-refractivity contribution is 7.13. The van der Waals surface area contributed by atoms with Crippen LogP contribution in [0.25, 0.3) is 10.8 Å². The third-order valence-corrected chi connectivity index (χ3v) is 5.27. The number of hydrogen-bond acceptors (Lipinski definition) is 5. The van der Waals surface area contributed by atoms with E-state index in [9.17, 15) is 14.4 Å². The number of aromatic nitrogens is 1. The first kappa shape index (κ1) is 17.2. The molecule has 1 aliphatic rings. The van der Waals surface area contributed by atoms with Gasteiger partial charge in [-0.2, -0.15) is 0 Å². The van der Waals surface area contributed by atoms with E-state index in [-0.39, 0.29) is 6.54 Å². The van der Waals surface area contributed by atoms with E-state index in [4.69, 9.17) is 0 Å². The maximum Gasteiger partial charge on any atom is 0.325 e. The minimum Gasteiger partial charge on any atom is -0.319 e. The Bertz CT molecular complexity index is 1050. The van der Waals surface area contributed by atoms with Crippen molar-refractivity contribution in [2.75, 3.05) is 11.9 Å². The van der Waals surface area contributed by atoms with Crippen molar-refractivity contribution in [3.63, 3.8) is 0 Å². The minimum atomic E-state index is -1.22. The fourth-order valence-electron chi connectivity index (χ4n) is 3.12. The van der Waals surface area contributed by atoms with Gasteiger partial charge >= 0.3 is 6.03 Å². The number of urea groups is 1. The normalized spacial score (nSPS) is 19.4. The Hall–Kier alpha value is -3.26. The van der Waals surface area contributed by atoms with Crippen LogP contribution >= 0.6 is 11.3 Å². The second kappa shape index (κ2) is 6.48. The maximum atomic E-state index is 13.0. The van der Waals surface area contributed by atoms with E-state index in [1.807, 2.05) is 42.5 Å². The van der Waals surface area contributed by atoms with Gasteiger partial charge in [-0.1, -0.05) is 36.4 Å². The molecule has 7 nitrogen and oxygen atoms in total. The molecule has 0 bridgehead atoms. The molecule has 1 aliphatic heterocycles. The molecular formula is C19H16N4O3S. The van der Waals surface area contributed by atoms with Crippen molar-refractivity contribution in [1.29, 1.82) is 0 Å². The molecule has 27 heavy (non-hydrogen) atoms. The summed E-state index contributed by atoms with van der Waals surface area (Å²) in [6, 6.07) is 12.8. The third-order valence-electron chi connectivity index (χ3n) is 4.58. The first-order chi connectivity index (χ1) is 13.0. The molecule has 0 radical (unpaired) electrons. The van der Waals surface area contributed by atoms with Gasteiger partial charge in [0.15, 0.2) is 5.13 Å². The molecular weight excluding hydrogens is 364 g/mol. The summed E-state index contributed by atoms with van der Waals surface area (Å²) >= 11 is 1.26. The third kappa shape index (κ3) is 3.04. The number of rotatable bonds is 4. The van der Waals surface area contributed by atoms with Crippen molar-refractivity contribution < 1.29 is 14.4 Å². The topological polar surface area (TPSA) is 91.4 Å². The molecule has 0 spiro atoms. The number of hydrogen-bond donors (Lipinski definition) is 2. The molecule has 1 saturated heterocycles. The SMILES string of the molecule is C[C@@]1(c2ccc3ccccc3c2)NC(=O)N(CC(=O)Nc2nccs2)C1=O. The zero-order valence-corrected chi connectivity index (χ0v) is 15.2. The fraction of sp³-hybridized carbons (Fsp3) is 0.158. The molecule has 4 amide bonds. The van der Waals surface area contributed by atoms with Crippen LogP contribution in [0.5, 0.6) is 0 Å². The van der Waals surface area contributed by atoms with E-state index in [2.05, 4.69) is 15.6 Å². The van der Waals surface area contributed by atoms with Crippen LogP contribution in [0.3, 0.4) is 0 Å². The number of carbonyl (C=O) groups excluding carboxylic acids is 3. The second-order valence-electron chi connectivity index (χ2n) is 6.39. The summed E-state index contributed by atoms with van der Waals surface area (Å²) in [7, 11) is 0. The van der Waals surface area contributed by atoms with Crippen LogP contribution in [-0.2, 0) is 15.1 Å². The van der Waals surface area contributed by atoms with Gasteiger partial charge < -0.3 is 10.6 Å². The summed E-state index contributed by atoms with van der Waals surface area (Å²) in [6.45, 7) is 1.28. The fourth-order valence-corrected chi connectivity index (χ4v) is 3.67. The molecule has 1 atom stereocenters. The average Bonchev–Trinajstić information content (AvgIpc) is 3.24. The number of thiazole rings is 1. The van der Waals surface area contributed by atoms with Crippen molar-refractivity contribution in [3.8, 4) is 0 Å². The number of nitrogens with zero attached hydrogens (tertiary/aromatic N) is 2. The molecule has 2 heterocycles. The van der Waals surface area contributed by atoms with Crippen LogP contribution in [0.2, 0.25) is 0 Å². The van der Waals surface area contributed by atoms with E-state index < -0.39 is 23.4 Å². The highest BCUT2D eigenvalue weighted by atomic mass is 32.1. The van der Waals surface area contributed by atoms with Crippen LogP contribution in [-0.4, -0.2) is 34.3 Å². The first-order valence-electron chi connectivity index (χ1n) is 8.30. The summed E-state index contributed by atoms with van der Waals surface area (Å²) in [5.41, 5.74) is -0.551. The van der Waals surface area contributed by atoms with Crippen molar-refractivity contribution in [1.82, 2.24) is 15.2 Å². The lowest BCUT2D eigenvalue weighted by Gasteiger charge is -2.22. The lowest BCUT2D eigenvalue weighted by molar-refractivity contribution is -0.133. The quantitative estimate of drug-likeness (QED) is 0.681. The molecule has 8 heteroatoms. The number of benzene rings is 2. The molecule has 2 N–H and O–H groups in total. The summed E-state index contributed by atoms with van der Waals surface area (Å²) < 4.78 is 0. The summed E-state index contributed by atoms with van der Waals surface area (Å²) in [5, 5.41) is 9.45. The number of fused-ring (bicyclic) bond motifs is 1. The standard InChI is InChI=1S/C19H16N4O3S/c1-19(14-7-6-12-4-2-3-5-13(12)10-14)16(25)23(18(26)22-19)11-15(24)21-17-20-8-9-27-17/h2-10H,11H2,1H3,(H,22,26)(H,20,21,24)/t19-/m0/s1. The van der Waals surface area contributed by atoms with Crippen LogP contribution in [0, 0.1) is 0 Å². The van der Waals surface area contributed by atoms with Gasteiger partial charge in [-0.05, 0) is 29.3 Å². The molecule has 1 aromatic heterocycles. The predicted molar refractivity (Wildman–Crippen MR) is 102 cm³/mol. The Kier molecular flexibility index (Phi) is 4.12. The van der Waals surface area contributed by atoms with Gasteiger partial charge in [-0.25, -0.2) is 9.78 Å². The van der Waals surface area contributed by atoms with Gasteiger partial charge in [0.2, 0.25) is 5.91 Å². The Morgan fingerprint density at radius 2 is 2.00 bits per heavy atom. The van der Waals surface area contributed by atoms with Gasteiger partial charge in [0.25, 0.3) is 5.91 Å². The number of anilines is 1. The van der Waals surface area contributed by atoms with Crippen LogP contribution in [0.1, 0.15) is 12.5 Å². The van der Waals surface area contributed by atoms with E-state index in [1.54, 1.807) is 18.5 Å². The molecule has 2 aromatic carbocycles. The Labute approximate surface area is 159 Å². The van der Waals surface area contributed by atoms with Crippen LogP contribution < -0.4 is 10.6 Å². The molecule has 0 unspecified atom stereocenters. The van der Waals surface area contributed by atoms with Crippen molar-refractivity contribution in [2.24, 2.45) is 0 Å². The highest BCUT2D eigenvalue weighted by Crippen LogP contribution is 2.31. The Balaban J connectivity index is 1.57. The van der Waals surface area contributed by atoms with Crippen molar-refractivity contribution in [3.05, 3.63) is 59.6 Å². The van der Waals surface area contributed by atoms with Gasteiger partial charge in [0.05, 0.1) is 0 Å². The highest BCUT2D eigenvalue weighted by Gasteiger charge is 2.49.